The summed E-state index contributed by atoms with van der Waals surface area (Å²) in [6, 6.07) is 4.73. The van der Waals surface area contributed by atoms with Crippen molar-refractivity contribution >= 4 is 24.9 Å². The smallest absolute Gasteiger partial charge is 0.465 e. The number of fused-ring (bicyclic) bond motifs is 1. The number of anilines is 1. The Kier molecular flexibility index (Phi) is 4.67. The first-order valence-corrected chi connectivity index (χ1v) is 7.23. The Morgan fingerprint density at radius 1 is 1.30 bits per heavy atom. The molecule has 8 heteroatoms. The minimum atomic E-state index is -1.73. The molecule has 7 nitrogen and oxygen atoms in total. The fourth-order valence-electron chi connectivity index (χ4n) is 2.48. The molecule has 0 spiro atoms. The van der Waals surface area contributed by atoms with Crippen molar-refractivity contribution < 1.29 is 29.1 Å². The number of carbonyl (C=O) groups excluding carboxylic acids is 2. The number of benzene rings is 1. The number of esters is 1. The van der Waals surface area contributed by atoms with Gasteiger partial charge in [0.25, 0.3) is 0 Å². The molecule has 0 aliphatic carbocycles. The second-order valence-corrected chi connectivity index (χ2v) is 6.37. The molecule has 0 radical (unpaired) electrons. The molecule has 0 aromatic heterocycles. The van der Waals surface area contributed by atoms with E-state index in [9.17, 15) is 19.6 Å². The van der Waals surface area contributed by atoms with Crippen LogP contribution in [0.2, 0.25) is 0 Å². The van der Waals surface area contributed by atoms with Gasteiger partial charge in [0, 0.05) is 0 Å². The van der Waals surface area contributed by atoms with Gasteiger partial charge in [0.05, 0.1) is 24.3 Å². The van der Waals surface area contributed by atoms with Crippen LogP contribution < -0.4 is 4.90 Å². The van der Waals surface area contributed by atoms with Crippen LogP contribution in [0.4, 0.5) is 10.5 Å². The molecule has 1 amide bonds. The zero-order chi connectivity index (χ0) is 17.4. The van der Waals surface area contributed by atoms with Crippen molar-refractivity contribution in [3.8, 4) is 0 Å². The van der Waals surface area contributed by atoms with E-state index in [2.05, 4.69) is 4.74 Å². The van der Waals surface area contributed by atoms with Crippen LogP contribution in [-0.2, 0) is 15.9 Å². The highest BCUT2D eigenvalue weighted by Gasteiger charge is 2.42. The van der Waals surface area contributed by atoms with E-state index in [0.717, 1.165) is 5.56 Å². The lowest BCUT2D eigenvalue weighted by molar-refractivity contribution is 0.0568. The maximum Gasteiger partial charge on any atom is 0.476 e. The van der Waals surface area contributed by atoms with Gasteiger partial charge in [0.15, 0.2) is 0 Å². The van der Waals surface area contributed by atoms with E-state index >= 15 is 0 Å². The molecule has 1 aromatic carbocycles. The summed E-state index contributed by atoms with van der Waals surface area (Å²) in [7, 11) is -0.460. The molecule has 23 heavy (non-hydrogen) atoms. The number of amides is 1. The second kappa shape index (κ2) is 6.21. The Hall–Kier alpha value is -2.06. The molecular formula is C15H20BNO6. The molecule has 2 rings (SSSR count). The molecule has 1 atom stereocenters. The lowest BCUT2D eigenvalue weighted by atomic mass is 9.77. The lowest BCUT2D eigenvalue weighted by Crippen LogP contribution is -2.49. The third-order valence-electron chi connectivity index (χ3n) is 3.46. The number of carbonyl (C=O) groups is 2. The van der Waals surface area contributed by atoms with Crippen molar-refractivity contribution in [2.45, 2.75) is 38.7 Å². The molecule has 124 valence electrons. The zero-order valence-electron chi connectivity index (χ0n) is 13.6. The van der Waals surface area contributed by atoms with E-state index in [4.69, 9.17) is 4.74 Å². The van der Waals surface area contributed by atoms with Gasteiger partial charge in [0.2, 0.25) is 0 Å². The molecule has 0 fully saturated rings. The van der Waals surface area contributed by atoms with E-state index in [1.165, 1.54) is 18.1 Å². The summed E-state index contributed by atoms with van der Waals surface area (Å²) < 4.78 is 10.0. The first-order chi connectivity index (χ1) is 10.6. The normalized spacial score (nSPS) is 16.8. The second-order valence-electron chi connectivity index (χ2n) is 6.37. The summed E-state index contributed by atoms with van der Waals surface area (Å²) in [4.78, 5) is 25.3. The number of hydrogen-bond acceptors (Lipinski definition) is 6. The van der Waals surface area contributed by atoms with Gasteiger partial charge in [-0.2, -0.15) is 0 Å². The number of ether oxygens (including phenoxy) is 2. The van der Waals surface area contributed by atoms with Gasteiger partial charge in [-0.1, -0.05) is 6.07 Å². The average Bonchev–Trinajstić information content (AvgIpc) is 2.83. The average molecular weight is 321 g/mol. The fraction of sp³-hybridized carbons (Fsp3) is 0.467. The van der Waals surface area contributed by atoms with Crippen molar-refractivity contribution in [2.75, 3.05) is 12.0 Å². The van der Waals surface area contributed by atoms with Gasteiger partial charge in [-0.05, 0) is 44.9 Å². The highest BCUT2D eigenvalue weighted by Crippen LogP contribution is 2.35. The standard InChI is InChI=1S/C15H20BNO6/c1-15(2,3)23-14(19)17-11-7-10(13(18)22-4)6-5-9(11)8-12(17)16(20)21/h5-7,12,20-21H,8H2,1-4H3. The maximum atomic E-state index is 12.5. The van der Waals surface area contributed by atoms with E-state index in [-0.39, 0.29) is 12.0 Å². The molecule has 1 aliphatic heterocycles. The topological polar surface area (TPSA) is 96.3 Å². The number of nitrogens with zero attached hydrogens (tertiary/aromatic N) is 1. The molecule has 1 unspecified atom stereocenters. The number of methoxy groups -OCH3 is 1. The summed E-state index contributed by atoms with van der Waals surface area (Å²) in [5.41, 5.74) is 0.680. The van der Waals surface area contributed by atoms with Gasteiger partial charge in [-0.3, -0.25) is 4.90 Å². The Morgan fingerprint density at radius 2 is 1.96 bits per heavy atom. The van der Waals surface area contributed by atoms with Crippen LogP contribution in [0.1, 0.15) is 36.7 Å². The fourth-order valence-corrected chi connectivity index (χ4v) is 2.48. The van der Waals surface area contributed by atoms with E-state index in [0.29, 0.717) is 5.69 Å². The Morgan fingerprint density at radius 3 is 2.48 bits per heavy atom. The maximum absolute atomic E-state index is 12.5. The quantitative estimate of drug-likeness (QED) is 0.627. The molecule has 2 N–H and O–H groups in total. The van der Waals surface area contributed by atoms with E-state index in [1.807, 2.05) is 0 Å². The molecule has 1 aromatic rings. The van der Waals surface area contributed by atoms with Crippen LogP contribution in [0.15, 0.2) is 18.2 Å². The molecule has 1 aliphatic rings. The number of rotatable bonds is 2. The van der Waals surface area contributed by atoms with Crippen molar-refractivity contribution in [3.05, 3.63) is 29.3 Å². The molecule has 0 bridgehead atoms. The Labute approximate surface area is 135 Å². The molecule has 0 saturated carbocycles. The van der Waals surface area contributed by atoms with Gasteiger partial charge < -0.3 is 19.5 Å². The predicted molar refractivity (Wildman–Crippen MR) is 84.2 cm³/mol. The summed E-state index contributed by atoms with van der Waals surface area (Å²) in [5, 5.41) is 19.2. The monoisotopic (exact) mass is 321 g/mol. The Bertz CT molecular complexity index is 625. The third kappa shape index (κ3) is 3.65. The lowest BCUT2D eigenvalue weighted by Gasteiger charge is -2.28. The van der Waals surface area contributed by atoms with Crippen LogP contribution in [0.5, 0.6) is 0 Å². The molecule has 1 heterocycles. The number of hydrogen-bond donors (Lipinski definition) is 2. The largest absolute Gasteiger partial charge is 0.476 e. The minimum absolute atomic E-state index is 0.258. The van der Waals surface area contributed by atoms with Crippen molar-refractivity contribution in [3.63, 3.8) is 0 Å². The van der Waals surface area contributed by atoms with Gasteiger partial charge >= 0.3 is 19.2 Å². The van der Waals surface area contributed by atoms with Crippen molar-refractivity contribution in [1.82, 2.24) is 0 Å². The summed E-state index contributed by atoms with van der Waals surface area (Å²) >= 11 is 0. The SMILES string of the molecule is COC(=O)c1ccc2c(c1)N(C(=O)OC(C)(C)C)C(B(O)O)C2. The van der Waals surface area contributed by atoms with Gasteiger partial charge in [-0.25, -0.2) is 9.59 Å². The van der Waals surface area contributed by atoms with Crippen LogP contribution in [0, 0.1) is 0 Å². The van der Waals surface area contributed by atoms with Crippen molar-refractivity contribution in [2.24, 2.45) is 0 Å². The molecule has 0 saturated heterocycles. The Balaban J connectivity index is 2.42. The van der Waals surface area contributed by atoms with Gasteiger partial charge in [-0.15, -0.1) is 0 Å². The van der Waals surface area contributed by atoms with Crippen LogP contribution in [0.25, 0.3) is 0 Å². The van der Waals surface area contributed by atoms with Crippen molar-refractivity contribution in [1.29, 1.82) is 0 Å². The third-order valence-corrected chi connectivity index (χ3v) is 3.46. The van der Waals surface area contributed by atoms with Crippen LogP contribution in [0.3, 0.4) is 0 Å². The van der Waals surface area contributed by atoms with Crippen LogP contribution in [-0.4, -0.2) is 47.9 Å². The zero-order valence-corrected chi connectivity index (χ0v) is 13.6. The molecular weight excluding hydrogens is 301 g/mol. The van der Waals surface area contributed by atoms with Crippen LogP contribution >= 0.6 is 0 Å². The summed E-state index contributed by atoms with van der Waals surface area (Å²) in [5.74, 6) is -1.40. The highest BCUT2D eigenvalue weighted by molar-refractivity contribution is 6.45. The van der Waals surface area contributed by atoms with E-state index in [1.54, 1.807) is 32.9 Å². The summed E-state index contributed by atoms with van der Waals surface area (Å²) in [6.07, 6.45) is -0.440. The first kappa shape index (κ1) is 17.3. The minimum Gasteiger partial charge on any atom is -0.465 e. The summed E-state index contributed by atoms with van der Waals surface area (Å²) in [6.45, 7) is 5.16. The van der Waals surface area contributed by atoms with E-state index < -0.39 is 30.7 Å². The first-order valence-electron chi connectivity index (χ1n) is 7.23. The van der Waals surface area contributed by atoms with Gasteiger partial charge in [0.1, 0.15) is 5.60 Å². The highest BCUT2D eigenvalue weighted by atomic mass is 16.6. The predicted octanol–water partition coefficient (Wildman–Crippen LogP) is 1.15.